The number of aliphatic hydroxyl groups is 1. The number of thiazole rings is 1. The van der Waals surface area contributed by atoms with Crippen molar-refractivity contribution in [2.24, 2.45) is 5.41 Å². The highest BCUT2D eigenvalue weighted by molar-refractivity contribution is 7.09. The molecule has 0 amide bonds. The average Bonchev–Trinajstić information content (AvgIpc) is 2.93. The molecule has 4 heteroatoms. The minimum atomic E-state index is 0.0445. The summed E-state index contributed by atoms with van der Waals surface area (Å²) in [6.07, 6.45) is 3.48. The molecule has 1 aromatic rings. The fraction of sp³-hybridized carbons (Fsp3) is 0.800. The number of rotatable bonds is 4. The predicted octanol–water partition coefficient (Wildman–Crippen LogP) is 3.08. The third-order valence-electron chi connectivity index (χ3n) is 4.17. The fourth-order valence-corrected chi connectivity index (χ4v) is 3.64. The summed E-state index contributed by atoms with van der Waals surface area (Å²) in [6, 6.07) is 0.414. The summed E-state index contributed by atoms with van der Waals surface area (Å²) in [4.78, 5) is 4.71. The third kappa shape index (κ3) is 3.36. The van der Waals surface area contributed by atoms with Gasteiger partial charge in [-0.05, 0) is 12.8 Å². The zero-order valence-corrected chi connectivity index (χ0v) is 13.3. The van der Waals surface area contributed by atoms with Crippen LogP contribution in [0.1, 0.15) is 57.7 Å². The van der Waals surface area contributed by atoms with Crippen LogP contribution < -0.4 is 5.32 Å². The summed E-state index contributed by atoms with van der Waals surface area (Å²) in [5.74, 6) is 0. The third-order valence-corrected chi connectivity index (χ3v) is 5.48. The number of hydrogen-bond acceptors (Lipinski definition) is 4. The maximum absolute atomic E-state index is 9.55. The molecule has 0 aliphatic heterocycles. The highest BCUT2D eigenvalue weighted by Crippen LogP contribution is 2.37. The first-order chi connectivity index (χ1) is 8.85. The van der Waals surface area contributed by atoms with Crippen LogP contribution in [0.4, 0.5) is 0 Å². The molecular formula is C15H26N2OS. The quantitative estimate of drug-likeness (QED) is 0.892. The zero-order valence-electron chi connectivity index (χ0n) is 12.5. The highest BCUT2D eigenvalue weighted by atomic mass is 32.1. The van der Waals surface area contributed by atoms with Gasteiger partial charge in [-0.1, -0.05) is 34.1 Å². The second-order valence-electron chi connectivity index (χ2n) is 7.03. The Morgan fingerprint density at radius 3 is 2.84 bits per heavy atom. The lowest BCUT2D eigenvalue weighted by Crippen LogP contribution is -2.41. The summed E-state index contributed by atoms with van der Waals surface area (Å²) >= 11 is 1.74. The molecule has 2 atom stereocenters. The molecule has 108 valence electrons. The van der Waals surface area contributed by atoms with E-state index in [4.69, 9.17) is 4.98 Å². The number of aliphatic hydroxyl groups excluding tert-OH is 1. The lowest BCUT2D eigenvalue weighted by molar-refractivity contribution is 0.118. The van der Waals surface area contributed by atoms with Crippen molar-refractivity contribution in [3.63, 3.8) is 0 Å². The molecule has 2 rings (SSSR count). The Hall–Kier alpha value is -0.450. The average molecular weight is 282 g/mol. The first-order valence-corrected chi connectivity index (χ1v) is 8.02. The van der Waals surface area contributed by atoms with E-state index in [0.717, 1.165) is 25.1 Å². The zero-order chi connectivity index (χ0) is 14.1. The summed E-state index contributed by atoms with van der Waals surface area (Å²) in [6.45, 7) is 9.86. The van der Waals surface area contributed by atoms with Crippen molar-refractivity contribution < 1.29 is 5.11 Å². The van der Waals surface area contributed by atoms with Crippen LogP contribution in [0.25, 0.3) is 0 Å². The van der Waals surface area contributed by atoms with E-state index in [2.05, 4.69) is 38.4 Å². The molecule has 0 aromatic carbocycles. The first kappa shape index (κ1) is 14.9. The van der Waals surface area contributed by atoms with Gasteiger partial charge in [-0.2, -0.15) is 0 Å². The van der Waals surface area contributed by atoms with Crippen LogP contribution in [-0.2, 0) is 12.0 Å². The van der Waals surface area contributed by atoms with E-state index in [9.17, 15) is 5.11 Å². The molecule has 0 bridgehead atoms. The minimum absolute atomic E-state index is 0.0445. The van der Waals surface area contributed by atoms with Gasteiger partial charge in [0.05, 0.1) is 10.7 Å². The molecule has 1 aromatic heterocycles. The van der Waals surface area contributed by atoms with Crippen molar-refractivity contribution in [2.75, 3.05) is 6.61 Å². The molecule has 0 saturated heterocycles. The molecule has 1 fully saturated rings. The van der Waals surface area contributed by atoms with E-state index in [0.29, 0.717) is 6.04 Å². The monoisotopic (exact) mass is 282 g/mol. The molecule has 1 saturated carbocycles. The van der Waals surface area contributed by atoms with Gasteiger partial charge in [0.2, 0.25) is 0 Å². The molecular weight excluding hydrogens is 256 g/mol. The van der Waals surface area contributed by atoms with Gasteiger partial charge in [-0.25, -0.2) is 4.98 Å². The van der Waals surface area contributed by atoms with E-state index in [1.165, 1.54) is 11.4 Å². The Morgan fingerprint density at radius 1 is 1.53 bits per heavy atom. The Labute approximate surface area is 120 Å². The van der Waals surface area contributed by atoms with Crippen molar-refractivity contribution in [2.45, 2.75) is 65.0 Å². The van der Waals surface area contributed by atoms with Crippen molar-refractivity contribution in [3.05, 3.63) is 16.1 Å². The van der Waals surface area contributed by atoms with Crippen LogP contribution in [0.5, 0.6) is 0 Å². The molecule has 2 unspecified atom stereocenters. The molecule has 3 nitrogen and oxygen atoms in total. The number of aromatic nitrogens is 1. The van der Waals surface area contributed by atoms with Crippen LogP contribution >= 0.6 is 11.3 Å². The Kier molecular flexibility index (Phi) is 4.33. The summed E-state index contributed by atoms with van der Waals surface area (Å²) < 4.78 is 0. The Balaban J connectivity index is 1.94. The van der Waals surface area contributed by atoms with Gasteiger partial charge in [0, 0.05) is 35.4 Å². The Morgan fingerprint density at radius 2 is 2.26 bits per heavy atom. The number of nitrogens with one attached hydrogen (secondary N) is 1. The molecule has 19 heavy (non-hydrogen) atoms. The largest absolute Gasteiger partial charge is 0.396 e. The summed E-state index contributed by atoms with van der Waals surface area (Å²) in [5.41, 5.74) is 1.31. The van der Waals surface area contributed by atoms with Crippen LogP contribution in [0.2, 0.25) is 0 Å². The van der Waals surface area contributed by atoms with Crippen molar-refractivity contribution >= 4 is 11.3 Å². The van der Waals surface area contributed by atoms with Crippen molar-refractivity contribution in [3.8, 4) is 0 Å². The molecule has 2 N–H and O–H groups in total. The van der Waals surface area contributed by atoms with Gasteiger partial charge in [0.15, 0.2) is 0 Å². The van der Waals surface area contributed by atoms with E-state index >= 15 is 0 Å². The van der Waals surface area contributed by atoms with E-state index < -0.39 is 0 Å². The lowest BCUT2D eigenvalue weighted by atomic mass is 9.86. The second kappa shape index (κ2) is 5.51. The molecule has 0 radical (unpaired) electrons. The van der Waals surface area contributed by atoms with Crippen LogP contribution in [-0.4, -0.2) is 22.7 Å². The highest BCUT2D eigenvalue weighted by Gasteiger charge is 2.37. The van der Waals surface area contributed by atoms with Gasteiger partial charge >= 0.3 is 0 Å². The van der Waals surface area contributed by atoms with E-state index in [-0.39, 0.29) is 17.4 Å². The lowest BCUT2D eigenvalue weighted by Gasteiger charge is -2.30. The SMILES string of the molecule is CC(C)(C)c1nc(CNC2CCCC2(C)CO)cs1. The summed E-state index contributed by atoms with van der Waals surface area (Å²) in [7, 11) is 0. The van der Waals surface area contributed by atoms with Crippen LogP contribution in [0, 0.1) is 5.41 Å². The topological polar surface area (TPSA) is 45.2 Å². The number of hydrogen-bond donors (Lipinski definition) is 2. The fourth-order valence-electron chi connectivity index (χ4n) is 2.73. The summed E-state index contributed by atoms with van der Waals surface area (Å²) in [5, 5.41) is 16.5. The molecule has 1 aliphatic rings. The first-order valence-electron chi connectivity index (χ1n) is 7.14. The maximum Gasteiger partial charge on any atom is 0.0982 e. The smallest absolute Gasteiger partial charge is 0.0982 e. The normalized spacial score (nSPS) is 27.9. The maximum atomic E-state index is 9.55. The Bertz CT molecular complexity index is 424. The van der Waals surface area contributed by atoms with Gasteiger partial charge in [-0.3, -0.25) is 0 Å². The number of nitrogens with zero attached hydrogens (tertiary/aromatic N) is 1. The van der Waals surface area contributed by atoms with Gasteiger partial charge in [0.25, 0.3) is 0 Å². The second-order valence-corrected chi connectivity index (χ2v) is 7.89. The van der Waals surface area contributed by atoms with E-state index in [1.54, 1.807) is 11.3 Å². The van der Waals surface area contributed by atoms with Crippen molar-refractivity contribution in [1.82, 2.24) is 10.3 Å². The molecule has 0 spiro atoms. The van der Waals surface area contributed by atoms with Gasteiger partial charge in [0.1, 0.15) is 0 Å². The van der Waals surface area contributed by atoms with Gasteiger partial charge < -0.3 is 10.4 Å². The van der Waals surface area contributed by atoms with Crippen LogP contribution in [0.15, 0.2) is 5.38 Å². The molecule has 1 aliphatic carbocycles. The standard InChI is InChI=1S/C15H26N2OS/c1-14(2,3)13-17-11(9-19-13)8-16-12-6-5-7-15(12,4)10-18/h9,12,16,18H,5-8,10H2,1-4H3. The van der Waals surface area contributed by atoms with Crippen LogP contribution in [0.3, 0.4) is 0 Å². The van der Waals surface area contributed by atoms with Crippen molar-refractivity contribution in [1.29, 1.82) is 0 Å². The molecule has 1 heterocycles. The van der Waals surface area contributed by atoms with E-state index in [1.807, 2.05) is 0 Å². The minimum Gasteiger partial charge on any atom is -0.396 e. The predicted molar refractivity (Wildman–Crippen MR) is 80.5 cm³/mol. The van der Waals surface area contributed by atoms with Gasteiger partial charge in [-0.15, -0.1) is 11.3 Å².